The van der Waals surface area contributed by atoms with Gasteiger partial charge in [-0.25, -0.2) is 0 Å². The largest absolute Gasteiger partial charge is 0.481 e. The zero-order valence-electron chi connectivity index (χ0n) is 12.6. The summed E-state index contributed by atoms with van der Waals surface area (Å²) in [7, 11) is 0. The van der Waals surface area contributed by atoms with Crippen LogP contribution in [0.25, 0.3) is 0 Å². The highest BCUT2D eigenvalue weighted by Crippen LogP contribution is 2.24. The molecule has 0 aliphatic rings. The molecule has 1 N–H and O–H groups in total. The van der Waals surface area contributed by atoms with Crippen LogP contribution in [0.1, 0.15) is 18.1 Å². The van der Waals surface area contributed by atoms with Gasteiger partial charge in [-0.1, -0.05) is 29.3 Å². The number of hydrogen-bond donors (Lipinski definition) is 1. The Morgan fingerprint density at radius 3 is 2.55 bits per heavy atom. The van der Waals surface area contributed by atoms with Crippen molar-refractivity contribution in [3.63, 3.8) is 0 Å². The third kappa shape index (κ3) is 3.93. The lowest BCUT2D eigenvalue weighted by Gasteiger charge is -2.16. The Bertz CT molecular complexity index is 701. The fraction of sp³-hybridized carbons (Fsp3) is 0.235. The number of carbonyl (C=O) groups excluding carboxylic acids is 1. The predicted octanol–water partition coefficient (Wildman–Crippen LogP) is 5.02. The summed E-state index contributed by atoms with van der Waals surface area (Å²) in [5.74, 6) is 0.366. The lowest BCUT2D eigenvalue weighted by atomic mass is 10.2. The minimum absolute atomic E-state index is 0.238. The molecule has 22 heavy (non-hydrogen) atoms. The van der Waals surface area contributed by atoms with E-state index in [0.29, 0.717) is 21.5 Å². The van der Waals surface area contributed by atoms with E-state index >= 15 is 0 Å². The molecule has 0 radical (unpaired) electrons. The fourth-order valence-electron chi connectivity index (χ4n) is 1.93. The molecule has 116 valence electrons. The molecule has 3 nitrogen and oxygen atoms in total. The van der Waals surface area contributed by atoms with Crippen LogP contribution < -0.4 is 10.1 Å². The molecule has 0 heterocycles. The first-order valence-electron chi connectivity index (χ1n) is 6.87. The van der Waals surface area contributed by atoms with Crippen molar-refractivity contribution in [2.75, 3.05) is 5.32 Å². The Labute approximate surface area is 140 Å². The lowest BCUT2D eigenvalue weighted by Crippen LogP contribution is -2.30. The number of nitrogens with one attached hydrogen (secondary N) is 1. The monoisotopic (exact) mass is 337 g/mol. The van der Waals surface area contributed by atoms with Crippen LogP contribution in [0.5, 0.6) is 5.75 Å². The van der Waals surface area contributed by atoms with E-state index in [9.17, 15) is 4.79 Å². The van der Waals surface area contributed by atoms with E-state index < -0.39 is 6.10 Å². The second kappa shape index (κ2) is 7.03. The summed E-state index contributed by atoms with van der Waals surface area (Å²) in [5.41, 5.74) is 2.41. The second-order valence-corrected chi connectivity index (χ2v) is 5.89. The summed E-state index contributed by atoms with van der Waals surface area (Å²) in [6.45, 7) is 5.43. The maximum Gasteiger partial charge on any atom is 0.265 e. The molecular formula is C17H17Cl2NO2. The van der Waals surface area contributed by atoms with E-state index in [0.717, 1.165) is 11.1 Å². The predicted molar refractivity (Wildman–Crippen MR) is 91.1 cm³/mol. The number of rotatable bonds is 4. The van der Waals surface area contributed by atoms with Gasteiger partial charge in [0.05, 0.1) is 0 Å². The number of carbonyl (C=O) groups is 1. The van der Waals surface area contributed by atoms with Crippen molar-refractivity contribution in [2.45, 2.75) is 26.9 Å². The van der Waals surface area contributed by atoms with E-state index in [1.165, 1.54) is 0 Å². The zero-order chi connectivity index (χ0) is 16.3. The van der Waals surface area contributed by atoms with Crippen molar-refractivity contribution in [1.29, 1.82) is 0 Å². The molecule has 0 spiro atoms. The first-order valence-corrected chi connectivity index (χ1v) is 7.63. The number of benzene rings is 2. The number of hydrogen-bond acceptors (Lipinski definition) is 2. The number of ether oxygens (including phenoxy) is 1. The average Bonchev–Trinajstić information content (AvgIpc) is 2.47. The van der Waals surface area contributed by atoms with E-state index in [2.05, 4.69) is 5.32 Å². The van der Waals surface area contributed by atoms with Gasteiger partial charge in [-0.2, -0.15) is 0 Å². The van der Waals surface area contributed by atoms with Crippen molar-refractivity contribution in [2.24, 2.45) is 0 Å². The van der Waals surface area contributed by atoms with Crippen molar-refractivity contribution in [3.05, 3.63) is 57.6 Å². The smallest absolute Gasteiger partial charge is 0.265 e. The molecule has 0 aromatic heterocycles. The summed E-state index contributed by atoms with van der Waals surface area (Å²) in [6.07, 6.45) is -0.640. The van der Waals surface area contributed by atoms with Crippen molar-refractivity contribution in [3.8, 4) is 5.75 Å². The molecule has 2 aromatic rings. The number of amides is 1. The van der Waals surface area contributed by atoms with Crippen molar-refractivity contribution < 1.29 is 9.53 Å². The van der Waals surface area contributed by atoms with Crippen LogP contribution >= 0.6 is 23.2 Å². The van der Waals surface area contributed by atoms with Crippen LogP contribution in [0.4, 0.5) is 5.69 Å². The van der Waals surface area contributed by atoms with Crippen molar-refractivity contribution >= 4 is 34.8 Å². The highest BCUT2D eigenvalue weighted by atomic mass is 35.5. The second-order valence-electron chi connectivity index (χ2n) is 5.07. The van der Waals surface area contributed by atoms with Crippen molar-refractivity contribution in [1.82, 2.24) is 0 Å². The van der Waals surface area contributed by atoms with Crippen LogP contribution in [0.3, 0.4) is 0 Å². The highest BCUT2D eigenvalue weighted by molar-refractivity contribution is 6.32. The van der Waals surface area contributed by atoms with E-state index in [4.69, 9.17) is 27.9 Å². The molecule has 2 rings (SSSR count). The third-order valence-electron chi connectivity index (χ3n) is 3.34. The van der Waals surface area contributed by atoms with Gasteiger partial charge in [-0.3, -0.25) is 4.79 Å². The molecule has 1 atom stereocenters. The van der Waals surface area contributed by atoms with Crippen LogP contribution in [-0.2, 0) is 4.79 Å². The van der Waals surface area contributed by atoms with E-state index in [1.54, 1.807) is 43.3 Å². The zero-order valence-corrected chi connectivity index (χ0v) is 14.1. The lowest BCUT2D eigenvalue weighted by molar-refractivity contribution is -0.122. The molecule has 0 bridgehead atoms. The molecule has 0 aliphatic heterocycles. The maximum atomic E-state index is 12.2. The maximum absolute atomic E-state index is 12.2. The standard InChI is InChI=1S/C17H17Cl2NO2/c1-10-9-13(7-8-14(10)18)22-12(3)17(21)20-16-6-4-5-15(19)11(16)2/h4-9,12H,1-3H3,(H,20,21). The van der Waals surface area contributed by atoms with Crippen LogP contribution in [0, 0.1) is 13.8 Å². The minimum Gasteiger partial charge on any atom is -0.481 e. The molecule has 5 heteroatoms. The van der Waals surface area contributed by atoms with Gasteiger partial charge in [-0.15, -0.1) is 0 Å². The molecule has 0 fully saturated rings. The van der Waals surface area contributed by atoms with Crippen LogP contribution in [0.2, 0.25) is 10.0 Å². The Morgan fingerprint density at radius 2 is 1.86 bits per heavy atom. The summed E-state index contributed by atoms with van der Waals surface area (Å²) < 4.78 is 5.65. The quantitative estimate of drug-likeness (QED) is 0.850. The van der Waals surface area contributed by atoms with Crippen LogP contribution in [-0.4, -0.2) is 12.0 Å². The molecule has 0 aliphatic carbocycles. The molecule has 2 aromatic carbocycles. The van der Waals surface area contributed by atoms with Gasteiger partial charge in [0.2, 0.25) is 0 Å². The Hall–Kier alpha value is -1.71. The summed E-state index contributed by atoms with van der Waals surface area (Å²) >= 11 is 12.0. The summed E-state index contributed by atoms with van der Waals surface area (Å²) in [6, 6.07) is 10.7. The van der Waals surface area contributed by atoms with Gasteiger partial charge in [0.1, 0.15) is 5.75 Å². The molecule has 1 amide bonds. The van der Waals surface area contributed by atoms with Crippen LogP contribution in [0.15, 0.2) is 36.4 Å². The Kier molecular flexibility index (Phi) is 5.33. The number of aryl methyl sites for hydroxylation is 1. The first kappa shape index (κ1) is 16.7. The Morgan fingerprint density at radius 1 is 1.14 bits per heavy atom. The summed E-state index contributed by atoms with van der Waals surface area (Å²) in [5, 5.41) is 4.10. The molecule has 1 unspecified atom stereocenters. The SMILES string of the molecule is Cc1cc(OC(C)C(=O)Nc2cccc(Cl)c2C)ccc1Cl. The van der Waals surface area contributed by atoms with E-state index in [-0.39, 0.29) is 5.91 Å². The molecule has 0 saturated heterocycles. The van der Waals surface area contributed by atoms with E-state index in [1.807, 2.05) is 13.8 Å². The topological polar surface area (TPSA) is 38.3 Å². The summed E-state index contributed by atoms with van der Waals surface area (Å²) in [4.78, 5) is 12.2. The Balaban J connectivity index is 2.06. The van der Waals surface area contributed by atoms with Gasteiger partial charge in [0.25, 0.3) is 5.91 Å². The van der Waals surface area contributed by atoms with Gasteiger partial charge in [-0.05, 0) is 62.2 Å². The van der Waals surface area contributed by atoms with Gasteiger partial charge in [0.15, 0.2) is 6.10 Å². The minimum atomic E-state index is -0.640. The van der Waals surface area contributed by atoms with Gasteiger partial charge < -0.3 is 10.1 Å². The fourth-order valence-corrected chi connectivity index (χ4v) is 2.22. The molecular weight excluding hydrogens is 321 g/mol. The highest BCUT2D eigenvalue weighted by Gasteiger charge is 2.16. The van der Waals surface area contributed by atoms with Gasteiger partial charge >= 0.3 is 0 Å². The average molecular weight is 338 g/mol. The third-order valence-corrected chi connectivity index (χ3v) is 4.17. The van der Waals surface area contributed by atoms with Gasteiger partial charge in [0, 0.05) is 15.7 Å². The number of anilines is 1. The number of halogens is 2. The first-order chi connectivity index (χ1) is 10.4. The molecule has 0 saturated carbocycles. The normalized spacial score (nSPS) is 11.9.